The molecule has 0 atom stereocenters. The summed E-state index contributed by atoms with van der Waals surface area (Å²) in [5, 5.41) is 0. The third kappa shape index (κ3) is 2.56. The van der Waals surface area contributed by atoms with E-state index in [9.17, 15) is 9.59 Å². The number of imidazole rings is 2. The largest absolute Gasteiger partial charge is 0.332 e. The lowest BCUT2D eigenvalue weighted by atomic mass is 10.1. The van der Waals surface area contributed by atoms with Gasteiger partial charge in [-0.2, -0.15) is 4.98 Å². The Kier molecular flexibility index (Phi) is 4.22. The highest BCUT2D eigenvalue weighted by Crippen LogP contribution is 2.34. The first-order valence-corrected chi connectivity index (χ1v) is 10.3. The summed E-state index contributed by atoms with van der Waals surface area (Å²) >= 11 is 0. The van der Waals surface area contributed by atoms with E-state index in [2.05, 4.69) is 42.7 Å². The number of aryl methyl sites for hydroxylation is 3. The highest BCUT2D eigenvalue weighted by molar-refractivity contribution is 5.81. The molecule has 3 aromatic heterocycles. The number of aromatic nitrogens is 5. The monoisotopic (exact) mass is 413 g/mol. The van der Waals surface area contributed by atoms with Crippen LogP contribution in [0.4, 0.5) is 0 Å². The van der Waals surface area contributed by atoms with Crippen molar-refractivity contribution >= 4 is 16.9 Å². The van der Waals surface area contributed by atoms with E-state index in [0.29, 0.717) is 23.4 Å². The van der Waals surface area contributed by atoms with Crippen LogP contribution in [0.2, 0.25) is 0 Å². The molecule has 156 valence electrons. The Hall–Kier alpha value is -3.87. The topological polar surface area (TPSA) is 66.2 Å². The van der Waals surface area contributed by atoms with E-state index in [1.165, 1.54) is 11.6 Å². The number of rotatable bonds is 3. The molecule has 2 aromatic carbocycles. The number of hydrogen-bond acceptors (Lipinski definition) is 3. The maximum Gasteiger partial charge on any atom is 0.332 e. The molecule has 0 radical (unpaired) electrons. The van der Waals surface area contributed by atoms with Crippen molar-refractivity contribution in [1.82, 2.24) is 23.1 Å². The maximum atomic E-state index is 13.2. The molecule has 3 heterocycles. The zero-order chi connectivity index (χ0) is 21.9. The average Bonchev–Trinajstić information content (AvgIpc) is 3.32. The third-order valence-corrected chi connectivity index (χ3v) is 5.95. The molecular weight excluding hydrogens is 390 g/mol. The Morgan fingerprint density at radius 1 is 0.903 bits per heavy atom. The first kappa shape index (κ1) is 19.1. The minimum Gasteiger partial charge on any atom is -0.279 e. The van der Waals surface area contributed by atoms with E-state index in [1.54, 1.807) is 7.05 Å². The van der Waals surface area contributed by atoms with Crippen molar-refractivity contribution in [3.8, 4) is 16.9 Å². The number of para-hydroxylation sites is 1. The predicted octanol–water partition coefficient (Wildman–Crippen LogP) is 3.21. The molecule has 0 aliphatic carbocycles. The summed E-state index contributed by atoms with van der Waals surface area (Å²) in [7, 11) is 3.16. The molecule has 31 heavy (non-hydrogen) atoms. The van der Waals surface area contributed by atoms with Gasteiger partial charge in [0.15, 0.2) is 11.2 Å². The lowest BCUT2D eigenvalue weighted by molar-refractivity contribution is 0.707. The Morgan fingerprint density at radius 2 is 1.58 bits per heavy atom. The zero-order valence-electron chi connectivity index (χ0n) is 18.0. The van der Waals surface area contributed by atoms with Gasteiger partial charge in [0.05, 0.1) is 17.1 Å². The first-order valence-electron chi connectivity index (χ1n) is 10.3. The van der Waals surface area contributed by atoms with Crippen LogP contribution in [0.1, 0.15) is 18.2 Å². The van der Waals surface area contributed by atoms with Crippen LogP contribution >= 0.6 is 0 Å². The lowest BCUT2D eigenvalue weighted by Crippen LogP contribution is -2.37. The minimum atomic E-state index is -0.387. The van der Waals surface area contributed by atoms with Crippen LogP contribution in [0.15, 0.2) is 64.2 Å². The first-order chi connectivity index (χ1) is 15.0. The van der Waals surface area contributed by atoms with Gasteiger partial charge in [-0.1, -0.05) is 55.5 Å². The van der Waals surface area contributed by atoms with E-state index >= 15 is 0 Å². The second-order valence-electron chi connectivity index (χ2n) is 7.76. The molecule has 0 fully saturated rings. The summed E-state index contributed by atoms with van der Waals surface area (Å²) in [6.07, 6.45) is 0.692. The van der Waals surface area contributed by atoms with Crippen LogP contribution in [-0.2, 0) is 20.5 Å². The Labute approximate surface area is 178 Å². The summed E-state index contributed by atoms with van der Waals surface area (Å²) in [6, 6.07) is 18.3. The van der Waals surface area contributed by atoms with Crippen LogP contribution in [0.3, 0.4) is 0 Å². The molecule has 0 unspecified atom stereocenters. The fourth-order valence-electron chi connectivity index (χ4n) is 4.38. The summed E-state index contributed by atoms with van der Waals surface area (Å²) in [4.78, 5) is 30.5. The molecule has 0 saturated heterocycles. The molecule has 5 aromatic rings. The Bertz CT molecular complexity index is 1580. The average molecular weight is 413 g/mol. The molecule has 0 saturated carbocycles. The number of benzene rings is 2. The summed E-state index contributed by atoms with van der Waals surface area (Å²) < 4.78 is 6.61. The third-order valence-electron chi connectivity index (χ3n) is 5.95. The second-order valence-corrected chi connectivity index (χ2v) is 7.76. The number of fused-ring (bicyclic) bond motifs is 3. The summed E-state index contributed by atoms with van der Waals surface area (Å²) in [5.41, 5.74) is 5.17. The van der Waals surface area contributed by atoms with Crippen LogP contribution in [-0.4, -0.2) is 23.1 Å². The van der Waals surface area contributed by atoms with Gasteiger partial charge in [0, 0.05) is 19.7 Å². The van der Waals surface area contributed by atoms with Crippen molar-refractivity contribution in [2.75, 3.05) is 0 Å². The molecule has 0 amide bonds. The quantitative estimate of drug-likeness (QED) is 0.456. The Balaban J connectivity index is 2.09. The van der Waals surface area contributed by atoms with Crippen molar-refractivity contribution in [2.24, 2.45) is 14.1 Å². The lowest BCUT2D eigenvalue weighted by Gasteiger charge is -2.13. The molecule has 0 spiro atoms. The second kappa shape index (κ2) is 6.84. The molecule has 0 aliphatic rings. The van der Waals surface area contributed by atoms with Gasteiger partial charge >= 0.3 is 5.69 Å². The van der Waals surface area contributed by atoms with Crippen molar-refractivity contribution in [3.63, 3.8) is 0 Å². The smallest absolute Gasteiger partial charge is 0.279 e. The van der Waals surface area contributed by atoms with Gasteiger partial charge in [0.25, 0.3) is 5.56 Å². The minimum absolute atomic E-state index is 0.346. The molecular formula is C24H23N5O2. The van der Waals surface area contributed by atoms with Gasteiger partial charge < -0.3 is 0 Å². The zero-order valence-corrected chi connectivity index (χ0v) is 18.0. The van der Waals surface area contributed by atoms with Gasteiger partial charge in [-0.05, 0) is 25.0 Å². The normalized spacial score (nSPS) is 11.6. The number of hydrogen-bond donors (Lipinski definition) is 0. The molecule has 0 bridgehead atoms. The van der Waals surface area contributed by atoms with Crippen LogP contribution < -0.4 is 11.2 Å². The van der Waals surface area contributed by atoms with E-state index in [4.69, 9.17) is 4.98 Å². The maximum absolute atomic E-state index is 13.2. The van der Waals surface area contributed by atoms with E-state index in [1.807, 2.05) is 34.7 Å². The standard InChI is InChI=1S/C24H23N5O2/c1-5-17-19(16-12-7-6-8-13-16)29(18-14-10-9-11-15(18)2)23-25-21-20(28(17)23)22(30)27(4)24(31)26(21)3/h6-14H,5H2,1-4H3. The van der Waals surface area contributed by atoms with Crippen molar-refractivity contribution in [2.45, 2.75) is 20.3 Å². The number of nitrogens with zero attached hydrogens (tertiary/aromatic N) is 5. The van der Waals surface area contributed by atoms with Gasteiger partial charge in [0.1, 0.15) is 0 Å². The highest BCUT2D eigenvalue weighted by atomic mass is 16.2. The van der Waals surface area contributed by atoms with Crippen LogP contribution in [0.25, 0.3) is 33.9 Å². The van der Waals surface area contributed by atoms with Crippen molar-refractivity contribution < 1.29 is 0 Å². The Morgan fingerprint density at radius 3 is 2.26 bits per heavy atom. The fourth-order valence-corrected chi connectivity index (χ4v) is 4.38. The van der Waals surface area contributed by atoms with E-state index < -0.39 is 0 Å². The van der Waals surface area contributed by atoms with Crippen molar-refractivity contribution in [1.29, 1.82) is 0 Å². The SMILES string of the molecule is CCc1c(-c2ccccc2)n(-c2ccccc2C)c2nc3c(c(=O)n(C)c(=O)n3C)n12. The van der Waals surface area contributed by atoms with Crippen LogP contribution in [0, 0.1) is 6.92 Å². The van der Waals surface area contributed by atoms with E-state index in [-0.39, 0.29) is 11.2 Å². The molecule has 0 aliphatic heterocycles. The molecule has 7 heteroatoms. The molecule has 7 nitrogen and oxygen atoms in total. The van der Waals surface area contributed by atoms with Crippen LogP contribution in [0.5, 0.6) is 0 Å². The van der Waals surface area contributed by atoms with Crippen molar-refractivity contribution in [3.05, 3.63) is 86.7 Å². The van der Waals surface area contributed by atoms with Gasteiger partial charge in [0.2, 0.25) is 5.78 Å². The highest BCUT2D eigenvalue weighted by Gasteiger charge is 2.26. The van der Waals surface area contributed by atoms with Gasteiger partial charge in [-0.15, -0.1) is 0 Å². The van der Waals surface area contributed by atoms with Gasteiger partial charge in [-0.25, -0.2) is 4.79 Å². The molecule has 0 N–H and O–H groups in total. The summed E-state index contributed by atoms with van der Waals surface area (Å²) in [6.45, 7) is 4.13. The molecule has 5 rings (SSSR count). The predicted molar refractivity (Wildman–Crippen MR) is 122 cm³/mol. The fraction of sp³-hybridized carbons (Fsp3) is 0.208. The van der Waals surface area contributed by atoms with E-state index in [0.717, 1.165) is 32.8 Å². The van der Waals surface area contributed by atoms with Gasteiger partial charge in [-0.3, -0.25) is 22.9 Å². The summed E-state index contributed by atoms with van der Waals surface area (Å²) in [5.74, 6) is 0.623.